The lowest BCUT2D eigenvalue weighted by atomic mass is 9.90. The lowest BCUT2D eigenvalue weighted by Crippen LogP contribution is -2.46. The van der Waals surface area contributed by atoms with Gasteiger partial charge in [-0.2, -0.15) is 0 Å². The molecule has 2 aliphatic heterocycles. The minimum Gasteiger partial charge on any atom is -0.348 e. The Hall–Kier alpha value is -2.42. The molecule has 0 saturated carbocycles. The van der Waals surface area contributed by atoms with Crippen LogP contribution in [0.15, 0.2) is 58.4 Å². The molecule has 0 aromatic carbocycles. The zero-order valence-electron chi connectivity index (χ0n) is 20.1. The lowest BCUT2D eigenvalue weighted by molar-refractivity contribution is 0.0961. The Morgan fingerprint density at radius 2 is 2.18 bits per heavy atom. The highest BCUT2D eigenvalue weighted by Gasteiger charge is 2.27. The molecule has 2 bridgehead atoms. The van der Waals surface area contributed by atoms with Gasteiger partial charge in [-0.3, -0.25) is 9.78 Å². The Labute approximate surface area is 206 Å². The maximum Gasteiger partial charge on any atom is 0.261 e. The van der Waals surface area contributed by atoms with Gasteiger partial charge in [0.15, 0.2) is 0 Å². The summed E-state index contributed by atoms with van der Waals surface area (Å²) in [6.45, 7) is 6.38. The third-order valence-electron chi connectivity index (χ3n) is 6.35. The molecular formula is C26H34N4O2S2. The van der Waals surface area contributed by atoms with Gasteiger partial charge in [0, 0.05) is 54.5 Å². The van der Waals surface area contributed by atoms with Crippen LogP contribution >= 0.6 is 11.3 Å². The second kappa shape index (κ2) is 10.5. The summed E-state index contributed by atoms with van der Waals surface area (Å²) in [7, 11) is -2.64. The minimum atomic E-state index is -2.64. The average Bonchev–Trinajstić information content (AvgIpc) is 3.21. The number of nitrogens with zero attached hydrogens (tertiary/aromatic N) is 1. The van der Waals surface area contributed by atoms with Crippen molar-refractivity contribution in [3.05, 3.63) is 63.3 Å². The van der Waals surface area contributed by atoms with Crippen molar-refractivity contribution in [3.8, 4) is 0 Å². The number of nitrogens with one attached hydrogen (secondary N) is 3. The molecule has 3 N–H and O–H groups in total. The number of piperidine rings is 1. The van der Waals surface area contributed by atoms with E-state index >= 15 is 0 Å². The summed E-state index contributed by atoms with van der Waals surface area (Å²) < 4.78 is 17.9. The SMILES string of the molecule is C=S(=O)(NC1=CC2CCCC(C1)N2)C(C/C=C(\C)CNC(=O)c1cc2ccncc2s1)=C(C)C. The fourth-order valence-corrected chi connectivity index (χ4v) is 7.24. The number of pyridine rings is 1. The maximum absolute atomic E-state index is 13.6. The number of amides is 1. The summed E-state index contributed by atoms with van der Waals surface area (Å²) in [5, 5.41) is 7.63. The molecule has 0 aliphatic carbocycles. The molecule has 1 amide bonds. The molecule has 4 rings (SSSR count). The molecule has 4 heterocycles. The number of carbonyl (C=O) groups excluding carboxylic acids is 1. The Kier molecular flexibility index (Phi) is 7.60. The number of carbonyl (C=O) groups is 1. The number of rotatable bonds is 8. The lowest BCUT2D eigenvalue weighted by Gasteiger charge is -2.35. The average molecular weight is 499 g/mol. The van der Waals surface area contributed by atoms with E-state index in [2.05, 4.69) is 32.3 Å². The van der Waals surface area contributed by atoms with E-state index in [4.69, 9.17) is 0 Å². The van der Waals surface area contributed by atoms with Gasteiger partial charge in [-0.15, -0.1) is 11.3 Å². The van der Waals surface area contributed by atoms with Crippen molar-refractivity contribution in [1.29, 1.82) is 0 Å². The van der Waals surface area contributed by atoms with E-state index in [1.165, 1.54) is 17.8 Å². The molecule has 8 heteroatoms. The molecule has 2 aliphatic rings. The van der Waals surface area contributed by atoms with Gasteiger partial charge in [-0.05, 0) is 63.1 Å². The van der Waals surface area contributed by atoms with Crippen LogP contribution in [0.3, 0.4) is 0 Å². The Morgan fingerprint density at radius 3 is 2.91 bits per heavy atom. The summed E-state index contributed by atoms with van der Waals surface area (Å²) >= 11 is 1.44. The van der Waals surface area contributed by atoms with Gasteiger partial charge in [-0.1, -0.05) is 23.6 Å². The summed E-state index contributed by atoms with van der Waals surface area (Å²) in [4.78, 5) is 18.2. The van der Waals surface area contributed by atoms with E-state index in [9.17, 15) is 9.00 Å². The topological polar surface area (TPSA) is 83.1 Å². The van der Waals surface area contributed by atoms with Crippen molar-refractivity contribution in [2.24, 2.45) is 0 Å². The molecule has 2 aromatic heterocycles. The van der Waals surface area contributed by atoms with Crippen LogP contribution in [0.1, 0.15) is 62.5 Å². The fourth-order valence-electron chi connectivity index (χ4n) is 4.58. The largest absolute Gasteiger partial charge is 0.348 e. The van der Waals surface area contributed by atoms with Crippen LogP contribution in [-0.2, 0) is 9.71 Å². The summed E-state index contributed by atoms with van der Waals surface area (Å²) in [5.41, 5.74) is 3.06. The maximum atomic E-state index is 13.6. The molecule has 182 valence electrons. The molecule has 2 aromatic rings. The predicted molar refractivity (Wildman–Crippen MR) is 144 cm³/mol. The van der Waals surface area contributed by atoms with Crippen LogP contribution in [-0.4, -0.2) is 39.6 Å². The molecule has 34 heavy (non-hydrogen) atoms. The zero-order chi connectivity index (χ0) is 24.3. The Balaban J connectivity index is 1.37. The first-order chi connectivity index (χ1) is 16.2. The van der Waals surface area contributed by atoms with E-state index in [0.717, 1.165) is 51.1 Å². The first-order valence-corrected chi connectivity index (χ1v) is 14.3. The summed E-state index contributed by atoms with van der Waals surface area (Å²) in [6.07, 6.45) is 12.7. The molecule has 0 spiro atoms. The van der Waals surface area contributed by atoms with Crippen molar-refractivity contribution in [2.75, 3.05) is 6.54 Å². The number of hydrogen-bond acceptors (Lipinski definition) is 5. The second-order valence-electron chi connectivity index (χ2n) is 9.46. The van der Waals surface area contributed by atoms with Crippen molar-refractivity contribution in [3.63, 3.8) is 0 Å². The molecule has 6 nitrogen and oxygen atoms in total. The van der Waals surface area contributed by atoms with Gasteiger partial charge >= 0.3 is 0 Å². The molecular weight excluding hydrogens is 464 g/mol. The van der Waals surface area contributed by atoms with E-state index < -0.39 is 9.71 Å². The van der Waals surface area contributed by atoms with Crippen molar-refractivity contribution >= 4 is 42.9 Å². The zero-order valence-corrected chi connectivity index (χ0v) is 21.8. The molecule has 0 radical (unpaired) electrons. The van der Waals surface area contributed by atoms with Crippen molar-refractivity contribution < 1.29 is 9.00 Å². The third kappa shape index (κ3) is 5.98. The van der Waals surface area contributed by atoms with Gasteiger partial charge in [-0.25, -0.2) is 4.21 Å². The van der Waals surface area contributed by atoms with Gasteiger partial charge in [0.05, 0.1) is 19.3 Å². The van der Waals surface area contributed by atoms with E-state index in [0.29, 0.717) is 29.9 Å². The first-order valence-electron chi connectivity index (χ1n) is 11.8. The first kappa shape index (κ1) is 24.7. The standard InChI is InChI=1S/C26H34N4O2S2/c1-17(2)25(34(4,32)30-22-13-20-6-5-7-21(14-22)29-20)9-8-18(3)15-28-26(31)23-12-19-10-11-27-16-24(19)33-23/h8,10-13,16,20-21,29H,4-7,9,14-15H2,1-3H3,(H,28,31)(H,30,32)/b18-8+. The highest BCUT2D eigenvalue weighted by atomic mass is 32.2. The molecule has 1 saturated heterocycles. The summed E-state index contributed by atoms with van der Waals surface area (Å²) in [5.74, 6) is 3.99. The van der Waals surface area contributed by atoms with Crippen LogP contribution in [0.5, 0.6) is 0 Å². The minimum absolute atomic E-state index is 0.0950. The highest BCUT2D eigenvalue weighted by molar-refractivity contribution is 8.02. The Bertz CT molecular complexity index is 1230. The number of fused-ring (bicyclic) bond motifs is 3. The fraction of sp³-hybridized carbons (Fsp3) is 0.423. The number of allylic oxidation sites excluding steroid dienone is 3. The van der Waals surface area contributed by atoms with Gasteiger partial charge in [0.2, 0.25) is 0 Å². The number of thiophene rings is 1. The second-order valence-corrected chi connectivity index (χ2v) is 12.6. The molecule has 3 atom stereocenters. The van der Waals surface area contributed by atoms with Crippen LogP contribution in [0.25, 0.3) is 10.1 Å². The third-order valence-corrected chi connectivity index (χ3v) is 9.40. The summed E-state index contributed by atoms with van der Waals surface area (Å²) in [6, 6.07) is 4.62. The van der Waals surface area contributed by atoms with Crippen molar-refractivity contribution in [2.45, 2.75) is 65.0 Å². The smallest absolute Gasteiger partial charge is 0.261 e. The highest BCUT2D eigenvalue weighted by Crippen LogP contribution is 2.26. The van der Waals surface area contributed by atoms with E-state index in [1.54, 1.807) is 12.4 Å². The van der Waals surface area contributed by atoms with Gasteiger partial charge in [0.1, 0.15) is 0 Å². The number of aromatic nitrogens is 1. The molecule has 1 fully saturated rings. The van der Waals surface area contributed by atoms with Crippen LogP contribution in [0.2, 0.25) is 0 Å². The van der Waals surface area contributed by atoms with Crippen LogP contribution < -0.4 is 15.4 Å². The predicted octanol–water partition coefficient (Wildman–Crippen LogP) is 4.68. The quantitative estimate of drug-likeness (QED) is 0.365. The van der Waals surface area contributed by atoms with Crippen LogP contribution in [0.4, 0.5) is 0 Å². The van der Waals surface area contributed by atoms with Crippen molar-refractivity contribution in [1.82, 2.24) is 20.3 Å². The molecule has 3 unspecified atom stereocenters. The van der Waals surface area contributed by atoms with Gasteiger partial charge < -0.3 is 15.4 Å². The van der Waals surface area contributed by atoms with Gasteiger partial charge in [0.25, 0.3) is 5.91 Å². The normalized spacial score (nSPS) is 22.0. The monoisotopic (exact) mass is 498 g/mol. The van der Waals surface area contributed by atoms with E-state index in [-0.39, 0.29) is 5.91 Å². The number of hydrogen-bond donors (Lipinski definition) is 3. The van der Waals surface area contributed by atoms with E-state index in [1.807, 2.05) is 39.0 Å². The van der Waals surface area contributed by atoms with Crippen LogP contribution in [0, 0.1) is 0 Å². The Morgan fingerprint density at radius 1 is 1.35 bits per heavy atom.